The molecule has 2 bridgehead atoms. The van der Waals surface area contributed by atoms with E-state index in [0.29, 0.717) is 44.3 Å². The smallest absolute Gasteiger partial charge is 0.333 e. The lowest BCUT2D eigenvalue weighted by molar-refractivity contribution is -0.136. The molecule has 2 aliphatic carbocycles. The third-order valence-corrected chi connectivity index (χ3v) is 12.6. The van der Waals surface area contributed by atoms with E-state index >= 15 is 4.39 Å². The minimum atomic E-state index is -2.80. The molecule has 6 unspecified atom stereocenters. The fourth-order valence-corrected chi connectivity index (χ4v) is 9.46. The number of benzene rings is 2. The summed E-state index contributed by atoms with van der Waals surface area (Å²) in [6, 6.07) is 10.8. The van der Waals surface area contributed by atoms with Gasteiger partial charge in [0.1, 0.15) is 11.6 Å². The number of fused-ring (bicyclic) bond motifs is 4. The van der Waals surface area contributed by atoms with E-state index in [9.17, 15) is 18.8 Å². The maximum Gasteiger partial charge on any atom is 0.333 e. The number of ether oxygens (including phenoxy) is 1. The highest BCUT2D eigenvalue weighted by molar-refractivity contribution is 6.43. The zero-order valence-electron chi connectivity index (χ0n) is 29.0. The number of carbonyl (C=O) groups is 1. The number of nitriles is 1. The highest BCUT2D eigenvalue weighted by Crippen LogP contribution is 2.52. The second-order valence-electron chi connectivity index (χ2n) is 14.9. The summed E-state index contributed by atoms with van der Waals surface area (Å²) in [4.78, 5) is 20.9. The Labute approximate surface area is 313 Å². The van der Waals surface area contributed by atoms with Gasteiger partial charge in [-0.1, -0.05) is 35.3 Å². The van der Waals surface area contributed by atoms with Gasteiger partial charge in [-0.2, -0.15) is 19.1 Å². The number of rotatable bonds is 9. The Morgan fingerprint density at radius 2 is 2.00 bits per heavy atom. The third kappa shape index (κ3) is 5.49. The van der Waals surface area contributed by atoms with E-state index in [1.165, 1.54) is 12.4 Å². The number of carbonyl (C=O) groups excluding carboxylic acids is 1. The van der Waals surface area contributed by atoms with Crippen LogP contribution in [0.2, 0.25) is 10.0 Å². The van der Waals surface area contributed by atoms with E-state index in [1.807, 2.05) is 24.8 Å². The van der Waals surface area contributed by atoms with Gasteiger partial charge >= 0.3 is 6.55 Å². The highest BCUT2D eigenvalue weighted by atomic mass is 35.5. The number of pyridine rings is 1. The second kappa shape index (κ2) is 12.9. The molecule has 6 atom stereocenters. The maximum absolute atomic E-state index is 17.2. The molecule has 9 nitrogen and oxygen atoms in total. The number of aryl methyl sites for hydroxylation is 2. The van der Waals surface area contributed by atoms with Crippen molar-refractivity contribution in [2.75, 3.05) is 6.54 Å². The first-order chi connectivity index (χ1) is 25.5. The van der Waals surface area contributed by atoms with Gasteiger partial charge in [0, 0.05) is 64.6 Å². The second-order valence-corrected chi connectivity index (χ2v) is 15.7. The van der Waals surface area contributed by atoms with Crippen LogP contribution >= 0.6 is 23.2 Å². The summed E-state index contributed by atoms with van der Waals surface area (Å²) in [5.41, 5.74) is 3.90. The number of nitrogens with one attached hydrogen (secondary N) is 1. The Balaban J connectivity index is 1.26. The molecule has 0 spiro atoms. The van der Waals surface area contributed by atoms with Crippen LogP contribution in [0.5, 0.6) is 5.75 Å². The number of nitrogens with zero attached hydrogens (tertiary/aromatic N) is 6. The summed E-state index contributed by atoms with van der Waals surface area (Å²) in [6.07, 6.45) is 5.48. The van der Waals surface area contributed by atoms with E-state index in [0.717, 1.165) is 42.4 Å². The number of likely N-dealkylation sites (tertiary alicyclic amines) is 1. The summed E-state index contributed by atoms with van der Waals surface area (Å²) in [7, 11) is 0. The van der Waals surface area contributed by atoms with Gasteiger partial charge < -0.3 is 19.5 Å². The standard InChI is InChI=1S/C39H36Cl2F3N7O2/c1-18-25-13-29(30-14-31(19(2)50(30)38(52)20-8-9-20)53-23-16-47-49(17-23)39(43)44)51(36-22-12-28(36)46-15-22)37(25)26-11-21(5-4-10-45)32(34(42)35(26)48-18)24-6-3-7-27(40)33(24)41/h3,6-7,11,13,16-17,19-20,22,28,30-31,36,39,46H,4-5,8-9,12,14-15H2,1-2H3. The average molecular weight is 763 g/mol. The zero-order chi connectivity index (χ0) is 36.9. The molecule has 3 aromatic heterocycles. The molecule has 6 heterocycles. The molecule has 0 radical (unpaired) electrons. The molecule has 274 valence electrons. The van der Waals surface area contributed by atoms with Crippen LogP contribution in [0.25, 0.3) is 32.9 Å². The SMILES string of the molecule is Cc1nc2c(F)c(-c3cccc(Cl)c3Cl)c(CCC#N)cc2c2c1cc(C1CC(Oc3cnn(C(F)F)c3)C(C)N1C(=O)C1CC1)n2C1C2CNC1C2. The van der Waals surface area contributed by atoms with E-state index in [-0.39, 0.29) is 64.6 Å². The Bertz CT molecular complexity index is 2340. The lowest BCUT2D eigenvalue weighted by Gasteiger charge is -2.39. The van der Waals surface area contributed by atoms with Crippen LogP contribution in [-0.2, 0) is 11.2 Å². The highest BCUT2D eigenvalue weighted by Gasteiger charge is 2.52. The van der Waals surface area contributed by atoms with Crippen molar-refractivity contribution in [3.8, 4) is 22.9 Å². The van der Waals surface area contributed by atoms with Crippen molar-refractivity contribution in [2.45, 2.75) is 89.2 Å². The van der Waals surface area contributed by atoms with E-state index in [4.69, 9.17) is 32.9 Å². The lowest BCUT2D eigenvalue weighted by atomic mass is 9.79. The third-order valence-electron chi connectivity index (χ3n) is 11.8. The molecule has 2 saturated carbocycles. The van der Waals surface area contributed by atoms with Crippen molar-refractivity contribution in [1.29, 1.82) is 5.26 Å². The van der Waals surface area contributed by atoms with Gasteiger partial charge in [-0.05, 0) is 69.2 Å². The van der Waals surface area contributed by atoms with Gasteiger partial charge in [0.2, 0.25) is 5.91 Å². The van der Waals surface area contributed by atoms with E-state index in [1.54, 1.807) is 18.2 Å². The van der Waals surface area contributed by atoms with Crippen molar-refractivity contribution in [3.05, 3.63) is 75.5 Å². The predicted octanol–water partition coefficient (Wildman–Crippen LogP) is 8.71. The molecule has 5 fully saturated rings. The first-order valence-corrected chi connectivity index (χ1v) is 18.8. The Hall–Kier alpha value is -4.31. The van der Waals surface area contributed by atoms with Crippen LogP contribution in [0.15, 0.2) is 42.7 Å². The molecule has 53 heavy (non-hydrogen) atoms. The van der Waals surface area contributed by atoms with Crippen molar-refractivity contribution >= 4 is 50.9 Å². The van der Waals surface area contributed by atoms with Gasteiger partial charge in [0.15, 0.2) is 11.6 Å². The number of hydrogen-bond acceptors (Lipinski definition) is 6. The number of hydrogen-bond donors (Lipinski definition) is 1. The summed E-state index contributed by atoms with van der Waals surface area (Å²) in [5.74, 6) is -0.00535. The van der Waals surface area contributed by atoms with Gasteiger partial charge in [0.05, 0.1) is 52.2 Å². The van der Waals surface area contributed by atoms with Crippen LogP contribution < -0.4 is 10.1 Å². The normalized spacial score (nSPS) is 25.1. The van der Waals surface area contributed by atoms with Gasteiger partial charge in [-0.3, -0.25) is 4.79 Å². The monoisotopic (exact) mass is 761 g/mol. The topological polar surface area (TPSA) is 101 Å². The van der Waals surface area contributed by atoms with Crippen LogP contribution in [0, 0.1) is 35.9 Å². The quantitative estimate of drug-likeness (QED) is 0.161. The van der Waals surface area contributed by atoms with Crippen molar-refractivity contribution in [2.24, 2.45) is 11.8 Å². The minimum Gasteiger partial charge on any atom is -0.485 e. The average Bonchev–Trinajstić information content (AvgIpc) is 3.54. The Morgan fingerprint density at radius 3 is 2.68 bits per heavy atom. The first-order valence-electron chi connectivity index (χ1n) is 18.1. The lowest BCUT2D eigenvalue weighted by Crippen LogP contribution is -2.43. The summed E-state index contributed by atoms with van der Waals surface area (Å²) in [5, 5.41) is 19.0. The van der Waals surface area contributed by atoms with Gasteiger partial charge in [0.25, 0.3) is 0 Å². The molecule has 1 N–H and O–H groups in total. The number of alkyl halides is 2. The first kappa shape index (κ1) is 34.5. The van der Waals surface area contributed by atoms with Crippen molar-refractivity contribution < 1.29 is 22.7 Å². The summed E-state index contributed by atoms with van der Waals surface area (Å²) < 4.78 is 53.1. The van der Waals surface area contributed by atoms with Crippen LogP contribution in [-0.4, -0.2) is 54.9 Å². The molecule has 3 saturated heterocycles. The molecule has 5 aliphatic rings. The molecule has 14 heteroatoms. The van der Waals surface area contributed by atoms with E-state index < -0.39 is 24.5 Å². The zero-order valence-corrected chi connectivity index (χ0v) is 30.5. The minimum absolute atomic E-state index is 0.0518. The fraction of sp³-hybridized carbons (Fsp3) is 0.436. The maximum atomic E-state index is 17.2. The molecule has 5 aromatic rings. The van der Waals surface area contributed by atoms with E-state index in [2.05, 4.69) is 27.1 Å². The van der Waals surface area contributed by atoms with Crippen LogP contribution in [0.4, 0.5) is 13.2 Å². The summed E-state index contributed by atoms with van der Waals surface area (Å²) in [6.45, 7) is 1.87. The van der Waals surface area contributed by atoms with Crippen molar-refractivity contribution in [1.82, 2.24) is 29.5 Å². The molecule has 3 aliphatic heterocycles. The molecule has 10 rings (SSSR count). The van der Waals surface area contributed by atoms with Crippen molar-refractivity contribution in [3.63, 3.8) is 0 Å². The van der Waals surface area contributed by atoms with Crippen LogP contribution in [0.3, 0.4) is 0 Å². The van der Waals surface area contributed by atoms with Gasteiger partial charge in [-0.25, -0.2) is 14.1 Å². The Kier molecular flexibility index (Phi) is 8.40. The van der Waals surface area contributed by atoms with Crippen LogP contribution in [0.1, 0.15) is 74.6 Å². The molecule has 2 aromatic carbocycles. The number of amides is 1. The molecule has 1 amide bonds. The number of halogens is 5. The Morgan fingerprint density at radius 1 is 1.19 bits per heavy atom. The largest absolute Gasteiger partial charge is 0.485 e. The summed E-state index contributed by atoms with van der Waals surface area (Å²) >= 11 is 13.1. The number of aromatic nitrogens is 4. The molecular weight excluding hydrogens is 726 g/mol. The predicted molar refractivity (Wildman–Crippen MR) is 195 cm³/mol. The van der Waals surface area contributed by atoms with Gasteiger partial charge in [-0.15, -0.1) is 0 Å². The fourth-order valence-electron chi connectivity index (χ4n) is 9.06. The molecular formula is C39H36Cl2F3N7O2.